The monoisotopic (exact) mass is 336 g/mol. The maximum atomic E-state index is 4.76. The highest BCUT2D eigenvalue weighted by molar-refractivity contribution is 7.13. The van der Waals surface area contributed by atoms with Crippen molar-refractivity contribution in [3.05, 3.63) is 35.5 Å². The van der Waals surface area contributed by atoms with Gasteiger partial charge >= 0.3 is 0 Å². The Kier molecular flexibility index (Phi) is 5.08. The maximum Gasteiger partial charge on any atom is 0.142 e. The Morgan fingerprint density at radius 2 is 2.14 bits per heavy atom. The Morgan fingerprint density at radius 1 is 1.23 bits per heavy atom. The van der Waals surface area contributed by atoms with Crippen LogP contribution in [-0.4, -0.2) is 40.0 Å². The zero-order valence-electron chi connectivity index (χ0n) is 12.4. The molecule has 0 aliphatic carbocycles. The molecule has 4 nitrogen and oxygen atoms in total. The highest BCUT2D eigenvalue weighted by Gasteiger charge is 2.29. The molecular weight excluding hydrogens is 316 g/mol. The first kappa shape index (κ1) is 15.9. The van der Waals surface area contributed by atoms with Crippen LogP contribution in [0.15, 0.2) is 29.8 Å². The molecule has 2 bridgehead atoms. The molecule has 4 rings (SSSR count). The van der Waals surface area contributed by atoms with Gasteiger partial charge in [-0.3, -0.25) is 9.88 Å². The Morgan fingerprint density at radius 3 is 3.00 bits per heavy atom. The topological polar surface area (TPSA) is 41.1 Å². The van der Waals surface area contributed by atoms with Crippen molar-refractivity contribution >= 4 is 23.7 Å². The third-order valence-corrected chi connectivity index (χ3v) is 5.34. The van der Waals surface area contributed by atoms with E-state index >= 15 is 0 Å². The second kappa shape index (κ2) is 7.04. The molecule has 0 aromatic carbocycles. The molecule has 2 aliphatic heterocycles. The molecule has 118 valence electrons. The highest BCUT2D eigenvalue weighted by Crippen LogP contribution is 2.24. The Balaban J connectivity index is 0.00000144. The molecule has 0 saturated carbocycles. The minimum atomic E-state index is 0. The van der Waals surface area contributed by atoms with E-state index in [2.05, 4.69) is 20.6 Å². The Labute approximate surface area is 141 Å². The molecule has 0 amide bonds. The minimum absolute atomic E-state index is 0. The van der Waals surface area contributed by atoms with Gasteiger partial charge in [-0.25, -0.2) is 4.98 Å². The molecule has 6 heteroatoms. The molecule has 0 spiro atoms. The van der Waals surface area contributed by atoms with Crippen molar-refractivity contribution in [2.24, 2.45) is 0 Å². The van der Waals surface area contributed by atoms with Crippen molar-refractivity contribution in [1.82, 2.24) is 20.2 Å². The summed E-state index contributed by atoms with van der Waals surface area (Å²) in [5.74, 6) is 0. The van der Waals surface area contributed by atoms with Crippen LogP contribution in [0.25, 0.3) is 10.7 Å². The number of thiazole rings is 1. The molecule has 0 radical (unpaired) electrons. The number of nitrogens with zero attached hydrogens (tertiary/aromatic N) is 3. The fourth-order valence-corrected chi connectivity index (χ4v) is 4.16. The SMILES string of the molecule is Cl.c1ccc(-c2nc(CN3CCC4CCC(C3)N4)cs2)nc1. The summed E-state index contributed by atoms with van der Waals surface area (Å²) in [6, 6.07) is 7.42. The molecule has 4 heterocycles. The van der Waals surface area contributed by atoms with Crippen LogP contribution in [0, 0.1) is 0 Å². The van der Waals surface area contributed by atoms with E-state index in [1.165, 1.54) is 31.5 Å². The average Bonchev–Trinajstić information content (AvgIpc) is 3.09. The van der Waals surface area contributed by atoms with Gasteiger partial charge in [-0.05, 0) is 31.4 Å². The molecule has 1 N–H and O–H groups in total. The number of fused-ring (bicyclic) bond motifs is 2. The first-order valence-corrected chi connectivity index (χ1v) is 8.59. The zero-order chi connectivity index (χ0) is 14.1. The third kappa shape index (κ3) is 3.49. The van der Waals surface area contributed by atoms with Crippen LogP contribution in [0.3, 0.4) is 0 Å². The van der Waals surface area contributed by atoms with E-state index in [9.17, 15) is 0 Å². The maximum absolute atomic E-state index is 4.76. The Hall–Kier alpha value is -1.01. The molecule has 2 aliphatic rings. The summed E-state index contributed by atoms with van der Waals surface area (Å²) in [5, 5.41) is 6.94. The van der Waals surface area contributed by atoms with E-state index in [4.69, 9.17) is 4.98 Å². The lowest BCUT2D eigenvalue weighted by Gasteiger charge is -2.22. The van der Waals surface area contributed by atoms with Crippen molar-refractivity contribution in [2.75, 3.05) is 13.1 Å². The van der Waals surface area contributed by atoms with Gasteiger partial charge in [-0.1, -0.05) is 6.07 Å². The van der Waals surface area contributed by atoms with E-state index in [0.717, 1.165) is 29.8 Å². The highest BCUT2D eigenvalue weighted by atomic mass is 35.5. The van der Waals surface area contributed by atoms with E-state index in [1.807, 2.05) is 24.4 Å². The molecular formula is C16H21ClN4S. The lowest BCUT2D eigenvalue weighted by atomic mass is 10.1. The molecule has 2 saturated heterocycles. The van der Waals surface area contributed by atoms with Gasteiger partial charge in [0.2, 0.25) is 0 Å². The predicted molar refractivity (Wildman–Crippen MR) is 92.4 cm³/mol. The van der Waals surface area contributed by atoms with Gasteiger partial charge in [0, 0.05) is 43.3 Å². The van der Waals surface area contributed by atoms with Crippen molar-refractivity contribution < 1.29 is 0 Å². The summed E-state index contributed by atoms with van der Waals surface area (Å²) >= 11 is 1.70. The van der Waals surface area contributed by atoms with Crippen LogP contribution >= 0.6 is 23.7 Å². The summed E-state index contributed by atoms with van der Waals surface area (Å²) in [6.45, 7) is 3.31. The van der Waals surface area contributed by atoms with E-state index in [-0.39, 0.29) is 12.4 Å². The number of rotatable bonds is 3. The van der Waals surface area contributed by atoms with E-state index in [1.54, 1.807) is 11.3 Å². The smallest absolute Gasteiger partial charge is 0.142 e. The Bertz CT molecular complexity index is 603. The largest absolute Gasteiger partial charge is 0.310 e. The zero-order valence-corrected chi connectivity index (χ0v) is 14.1. The molecule has 2 aromatic heterocycles. The third-order valence-electron chi connectivity index (χ3n) is 4.43. The van der Waals surface area contributed by atoms with Crippen LogP contribution in [0.2, 0.25) is 0 Å². The second-order valence-electron chi connectivity index (χ2n) is 6.02. The number of aromatic nitrogens is 2. The van der Waals surface area contributed by atoms with Gasteiger partial charge < -0.3 is 5.32 Å². The lowest BCUT2D eigenvalue weighted by Crippen LogP contribution is -2.35. The van der Waals surface area contributed by atoms with Crippen LogP contribution in [-0.2, 0) is 6.54 Å². The van der Waals surface area contributed by atoms with Gasteiger partial charge in [-0.2, -0.15) is 0 Å². The molecule has 2 atom stereocenters. The first-order valence-electron chi connectivity index (χ1n) is 7.71. The van der Waals surface area contributed by atoms with Crippen LogP contribution < -0.4 is 5.32 Å². The van der Waals surface area contributed by atoms with Gasteiger partial charge in [0.05, 0.1) is 11.4 Å². The normalized spacial score (nSPS) is 24.7. The number of halogens is 1. The molecule has 2 unspecified atom stereocenters. The number of hydrogen-bond donors (Lipinski definition) is 1. The van der Waals surface area contributed by atoms with Crippen molar-refractivity contribution in [3.63, 3.8) is 0 Å². The van der Waals surface area contributed by atoms with Crippen LogP contribution in [0.5, 0.6) is 0 Å². The molecule has 22 heavy (non-hydrogen) atoms. The fraction of sp³-hybridized carbons (Fsp3) is 0.500. The standard InChI is InChI=1S/C16H20N4S.ClH/c1-2-7-17-15(3-1)16-19-14(11-21-16)10-20-8-6-12-4-5-13(9-20)18-12;/h1-3,7,11-13,18H,4-6,8-10H2;1H. The summed E-state index contributed by atoms with van der Waals surface area (Å²) in [7, 11) is 0. The number of pyridine rings is 1. The number of hydrogen-bond acceptors (Lipinski definition) is 5. The van der Waals surface area contributed by atoms with Crippen molar-refractivity contribution in [1.29, 1.82) is 0 Å². The summed E-state index contributed by atoms with van der Waals surface area (Å²) in [6.07, 6.45) is 5.79. The lowest BCUT2D eigenvalue weighted by molar-refractivity contribution is 0.248. The van der Waals surface area contributed by atoms with Crippen molar-refractivity contribution in [3.8, 4) is 10.7 Å². The van der Waals surface area contributed by atoms with Crippen LogP contribution in [0.4, 0.5) is 0 Å². The van der Waals surface area contributed by atoms with Crippen LogP contribution in [0.1, 0.15) is 25.0 Å². The van der Waals surface area contributed by atoms with Crippen molar-refractivity contribution in [2.45, 2.75) is 37.9 Å². The summed E-state index contributed by atoms with van der Waals surface area (Å²) < 4.78 is 0. The number of nitrogens with one attached hydrogen (secondary N) is 1. The van der Waals surface area contributed by atoms with Gasteiger partial charge in [0.25, 0.3) is 0 Å². The minimum Gasteiger partial charge on any atom is -0.310 e. The second-order valence-corrected chi connectivity index (χ2v) is 6.88. The first-order chi connectivity index (χ1) is 10.4. The van der Waals surface area contributed by atoms with E-state index < -0.39 is 0 Å². The number of likely N-dealkylation sites (tertiary alicyclic amines) is 1. The van der Waals surface area contributed by atoms with Gasteiger partial charge in [0.15, 0.2) is 0 Å². The molecule has 2 aromatic rings. The molecule has 2 fully saturated rings. The summed E-state index contributed by atoms with van der Waals surface area (Å²) in [5.41, 5.74) is 2.16. The predicted octanol–water partition coefficient (Wildman–Crippen LogP) is 2.95. The van der Waals surface area contributed by atoms with Gasteiger partial charge in [0.1, 0.15) is 5.01 Å². The van der Waals surface area contributed by atoms with E-state index in [0.29, 0.717) is 6.04 Å². The fourth-order valence-electron chi connectivity index (χ4n) is 3.37. The average molecular weight is 337 g/mol. The van der Waals surface area contributed by atoms with Gasteiger partial charge in [-0.15, -0.1) is 23.7 Å². The quantitative estimate of drug-likeness (QED) is 0.935. The summed E-state index contributed by atoms with van der Waals surface area (Å²) in [4.78, 5) is 11.7.